The minimum atomic E-state index is -0.424. The molecule has 6 rings (SSSR count). The summed E-state index contributed by atoms with van der Waals surface area (Å²) in [5.41, 5.74) is 4.68. The molecule has 3 aliphatic rings. The highest BCUT2D eigenvalue weighted by Crippen LogP contribution is 2.64. The van der Waals surface area contributed by atoms with Gasteiger partial charge in [0.25, 0.3) is 0 Å². The number of benzene rings is 2. The van der Waals surface area contributed by atoms with E-state index in [1.54, 1.807) is 12.1 Å². The topological polar surface area (TPSA) is 64.5 Å². The number of H-pyrrole nitrogens is 1. The predicted octanol–water partition coefficient (Wildman–Crippen LogP) is 4.87. The van der Waals surface area contributed by atoms with E-state index in [-0.39, 0.29) is 11.6 Å². The molecule has 2 saturated carbocycles. The molecular formula is C22H19FN4. The fourth-order valence-electron chi connectivity index (χ4n) is 6.15. The highest BCUT2D eigenvalue weighted by molar-refractivity contribution is 5.88. The Hall–Kier alpha value is -2.87. The fraction of sp³-hybridized carbons (Fsp3) is 0.364. The van der Waals surface area contributed by atoms with Crippen molar-refractivity contribution in [2.45, 2.75) is 31.2 Å². The van der Waals surface area contributed by atoms with Gasteiger partial charge >= 0.3 is 0 Å². The van der Waals surface area contributed by atoms with Gasteiger partial charge in [0.15, 0.2) is 0 Å². The van der Waals surface area contributed by atoms with Gasteiger partial charge in [0, 0.05) is 11.1 Å². The molecule has 2 aromatic carbocycles. The van der Waals surface area contributed by atoms with Crippen LogP contribution in [-0.2, 0) is 0 Å². The highest BCUT2D eigenvalue weighted by Gasteiger charge is 2.54. The van der Waals surface area contributed by atoms with Crippen LogP contribution in [0.25, 0.3) is 10.9 Å². The van der Waals surface area contributed by atoms with Crippen molar-refractivity contribution in [2.75, 3.05) is 5.32 Å². The Bertz CT molecular complexity index is 1110. The van der Waals surface area contributed by atoms with Gasteiger partial charge in [-0.3, -0.25) is 5.10 Å². The van der Waals surface area contributed by atoms with Gasteiger partial charge < -0.3 is 5.32 Å². The number of rotatable bonds is 1. The molecule has 5 atom stereocenters. The third-order valence-corrected chi connectivity index (χ3v) is 7.15. The maximum Gasteiger partial charge on any atom is 0.141 e. The van der Waals surface area contributed by atoms with Gasteiger partial charge in [-0.25, -0.2) is 4.39 Å². The molecule has 27 heavy (non-hydrogen) atoms. The lowest BCUT2D eigenvalue weighted by Crippen LogP contribution is -2.35. The van der Waals surface area contributed by atoms with Gasteiger partial charge in [-0.1, -0.05) is 6.07 Å². The van der Waals surface area contributed by atoms with Gasteiger partial charge in [-0.15, -0.1) is 0 Å². The van der Waals surface area contributed by atoms with Crippen molar-refractivity contribution >= 4 is 16.6 Å². The molecule has 2 bridgehead atoms. The summed E-state index contributed by atoms with van der Waals surface area (Å²) in [6, 6.07) is 11.3. The van der Waals surface area contributed by atoms with Crippen molar-refractivity contribution in [2.24, 2.45) is 17.8 Å². The molecule has 3 aromatic rings. The zero-order valence-electron chi connectivity index (χ0n) is 14.7. The van der Waals surface area contributed by atoms with Crippen molar-refractivity contribution in [3.05, 3.63) is 59.0 Å². The zero-order chi connectivity index (χ0) is 18.1. The number of aromatic nitrogens is 2. The summed E-state index contributed by atoms with van der Waals surface area (Å²) in [7, 11) is 0. The Morgan fingerprint density at radius 1 is 1.15 bits per heavy atom. The van der Waals surface area contributed by atoms with Crippen LogP contribution in [0.5, 0.6) is 0 Å². The van der Waals surface area contributed by atoms with E-state index in [9.17, 15) is 4.39 Å². The molecule has 1 aromatic heterocycles. The van der Waals surface area contributed by atoms with Gasteiger partial charge in [0.05, 0.1) is 23.3 Å². The highest BCUT2D eigenvalue weighted by atomic mass is 19.1. The monoisotopic (exact) mass is 358 g/mol. The summed E-state index contributed by atoms with van der Waals surface area (Å²) in [4.78, 5) is 0. The maximum absolute atomic E-state index is 14.3. The second-order valence-electron chi connectivity index (χ2n) is 8.27. The van der Waals surface area contributed by atoms with Crippen LogP contribution in [0.15, 0.2) is 36.5 Å². The summed E-state index contributed by atoms with van der Waals surface area (Å²) in [5.74, 6) is 1.90. The molecule has 0 amide bonds. The molecule has 2 N–H and O–H groups in total. The Morgan fingerprint density at radius 3 is 2.89 bits per heavy atom. The number of fused-ring (bicyclic) bond motifs is 9. The molecule has 2 heterocycles. The molecular weight excluding hydrogens is 339 g/mol. The van der Waals surface area contributed by atoms with E-state index in [1.165, 1.54) is 30.2 Å². The van der Waals surface area contributed by atoms with E-state index in [4.69, 9.17) is 5.26 Å². The van der Waals surface area contributed by atoms with Crippen molar-refractivity contribution < 1.29 is 4.39 Å². The lowest BCUT2D eigenvalue weighted by atomic mass is 9.67. The standard InChI is InChI=1S/C22H19FN4/c23-16-8-13(3-4-14(16)9-24)22-20-12-2-1-11(7-12)19(20)21-15-10-25-27-17(15)5-6-18(21)26-22/h3-6,8,10-12,19-20,22,26H,1-2,7H2,(H,25,27)/t11?,12?,19-,20+,22-/m0/s1. The van der Waals surface area contributed by atoms with Crippen LogP contribution in [0.4, 0.5) is 10.1 Å². The third kappa shape index (κ3) is 1.98. The molecule has 2 aliphatic carbocycles. The zero-order valence-corrected chi connectivity index (χ0v) is 14.7. The van der Waals surface area contributed by atoms with E-state index in [1.807, 2.05) is 18.3 Å². The maximum atomic E-state index is 14.3. The first-order chi connectivity index (χ1) is 13.2. The largest absolute Gasteiger partial charge is 0.378 e. The van der Waals surface area contributed by atoms with Gasteiger partial charge in [0.2, 0.25) is 0 Å². The van der Waals surface area contributed by atoms with E-state index in [2.05, 4.69) is 27.6 Å². The molecule has 0 spiro atoms. The minimum absolute atomic E-state index is 0.0874. The number of aromatic amines is 1. The van der Waals surface area contributed by atoms with Gasteiger partial charge in [-0.05, 0) is 78.3 Å². The van der Waals surface area contributed by atoms with Gasteiger partial charge in [0.1, 0.15) is 11.9 Å². The smallest absolute Gasteiger partial charge is 0.141 e. The molecule has 2 unspecified atom stereocenters. The summed E-state index contributed by atoms with van der Waals surface area (Å²) in [5, 5.41) is 21.4. The predicted molar refractivity (Wildman–Crippen MR) is 101 cm³/mol. The Balaban J connectivity index is 1.53. The average molecular weight is 358 g/mol. The van der Waals surface area contributed by atoms with Crippen LogP contribution in [0.2, 0.25) is 0 Å². The first-order valence-electron chi connectivity index (χ1n) is 9.66. The number of halogens is 1. The fourth-order valence-corrected chi connectivity index (χ4v) is 6.15. The minimum Gasteiger partial charge on any atom is -0.378 e. The van der Waals surface area contributed by atoms with E-state index >= 15 is 0 Å². The molecule has 5 heteroatoms. The second-order valence-corrected chi connectivity index (χ2v) is 8.27. The summed E-state index contributed by atoms with van der Waals surface area (Å²) in [6.45, 7) is 0. The van der Waals surface area contributed by atoms with Crippen molar-refractivity contribution in [1.29, 1.82) is 5.26 Å². The number of nitrogens with zero attached hydrogens (tertiary/aromatic N) is 2. The molecule has 0 radical (unpaired) electrons. The van der Waals surface area contributed by atoms with Crippen LogP contribution in [0.1, 0.15) is 47.9 Å². The normalized spacial score (nSPS) is 30.6. The third-order valence-electron chi connectivity index (χ3n) is 7.15. The molecule has 0 saturated heterocycles. The quantitative estimate of drug-likeness (QED) is 0.652. The SMILES string of the molecule is N#Cc1ccc([C@@H]2Nc3ccc4[nH]ncc4c3[C@H]3C4CCC(C4)[C@@H]23)cc1F. The first kappa shape index (κ1) is 15.2. The Kier molecular flexibility index (Phi) is 3.00. The Morgan fingerprint density at radius 2 is 2.04 bits per heavy atom. The first-order valence-corrected chi connectivity index (χ1v) is 9.66. The van der Waals surface area contributed by atoms with Crippen LogP contribution >= 0.6 is 0 Å². The number of nitrogens with one attached hydrogen (secondary N) is 2. The Labute approximate surface area is 156 Å². The second kappa shape index (κ2) is 5.32. The lowest BCUT2D eigenvalue weighted by molar-refractivity contribution is 0.248. The molecule has 134 valence electrons. The molecule has 2 fully saturated rings. The lowest BCUT2D eigenvalue weighted by Gasteiger charge is -2.43. The number of hydrogen-bond donors (Lipinski definition) is 2. The van der Waals surface area contributed by atoms with E-state index < -0.39 is 5.82 Å². The van der Waals surface area contributed by atoms with Crippen molar-refractivity contribution in [3.63, 3.8) is 0 Å². The summed E-state index contributed by atoms with van der Waals surface area (Å²) in [6.07, 6.45) is 5.76. The van der Waals surface area contributed by atoms with E-state index in [0.29, 0.717) is 23.7 Å². The average Bonchev–Trinajstić information content (AvgIpc) is 3.42. The van der Waals surface area contributed by atoms with Crippen LogP contribution < -0.4 is 5.32 Å². The van der Waals surface area contributed by atoms with Crippen LogP contribution in [0, 0.1) is 34.9 Å². The number of nitriles is 1. The number of anilines is 1. The summed E-state index contributed by atoms with van der Waals surface area (Å²) >= 11 is 0. The van der Waals surface area contributed by atoms with Crippen LogP contribution in [0.3, 0.4) is 0 Å². The molecule has 4 nitrogen and oxygen atoms in total. The van der Waals surface area contributed by atoms with E-state index in [0.717, 1.165) is 16.8 Å². The number of hydrogen-bond acceptors (Lipinski definition) is 3. The van der Waals surface area contributed by atoms with Crippen molar-refractivity contribution in [3.8, 4) is 6.07 Å². The van der Waals surface area contributed by atoms with Crippen LogP contribution in [-0.4, -0.2) is 10.2 Å². The van der Waals surface area contributed by atoms with Crippen molar-refractivity contribution in [1.82, 2.24) is 10.2 Å². The van der Waals surface area contributed by atoms with Gasteiger partial charge in [-0.2, -0.15) is 10.4 Å². The molecule has 1 aliphatic heterocycles. The summed E-state index contributed by atoms with van der Waals surface area (Å²) < 4.78 is 14.3.